The minimum Gasteiger partial charge on any atom is -0.461 e. The summed E-state index contributed by atoms with van der Waals surface area (Å²) in [4.78, 5) is 12.0. The first kappa shape index (κ1) is 15.2. The smallest absolute Gasteiger partial charge is 0.360 e. The average molecular weight is 292 g/mol. The Labute approximate surface area is 123 Å². The van der Waals surface area contributed by atoms with E-state index in [4.69, 9.17) is 9.26 Å². The maximum Gasteiger partial charge on any atom is 0.360 e. The van der Waals surface area contributed by atoms with Crippen molar-refractivity contribution in [3.05, 3.63) is 28.4 Å². The molecule has 0 saturated heterocycles. The third-order valence-electron chi connectivity index (χ3n) is 3.28. The molecule has 2 aromatic rings. The van der Waals surface area contributed by atoms with E-state index in [9.17, 15) is 4.79 Å². The van der Waals surface area contributed by atoms with Crippen LogP contribution >= 0.6 is 0 Å². The van der Waals surface area contributed by atoms with Gasteiger partial charge in [-0.1, -0.05) is 24.2 Å². The Balaban J connectivity index is 2.39. The van der Waals surface area contributed by atoms with Crippen molar-refractivity contribution in [1.29, 1.82) is 0 Å². The molecule has 7 nitrogen and oxygen atoms in total. The number of hydrogen-bond acceptors (Lipinski definition) is 6. The fourth-order valence-corrected chi connectivity index (χ4v) is 2.23. The predicted octanol–water partition coefficient (Wildman–Crippen LogP) is 2.23. The molecular weight excluding hydrogens is 272 g/mol. The molecule has 0 unspecified atom stereocenters. The lowest BCUT2D eigenvalue weighted by atomic mass is 10.1. The van der Waals surface area contributed by atoms with E-state index >= 15 is 0 Å². The van der Waals surface area contributed by atoms with E-state index in [0.29, 0.717) is 13.2 Å². The number of ether oxygens (including phenoxy) is 1. The highest BCUT2D eigenvalue weighted by Gasteiger charge is 2.24. The van der Waals surface area contributed by atoms with E-state index in [1.165, 1.54) is 0 Å². The number of aryl methyl sites for hydroxylation is 2. The first-order valence-electron chi connectivity index (χ1n) is 6.97. The van der Waals surface area contributed by atoms with Gasteiger partial charge in [0.15, 0.2) is 5.69 Å². The minimum absolute atomic E-state index is 0.0971. The topological polar surface area (TPSA) is 83.0 Å². The van der Waals surface area contributed by atoms with Crippen LogP contribution < -0.4 is 0 Å². The molecule has 114 valence electrons. The Bertz CT molecular complexity index is 623. The summed E-state index contributed by atoms with van der Waals surface area (Å²) in [5.74, 6) is 0.404. The van der Waals surface area contributed by atoms with E-state index in [0.717, 1.165) is 22.7 Å². The van der Waals surface area contributed by atoms with Gasteiger partial charge in [-0.05, 0) is 26.7 Å². The van der Waals surface area contributed by atoms with E-state index in [1.807, 2.05) is 27.7 Å². The highest BCUT2D eigenvalue weighted by Crippen LogP contribution is 2.21. The van der Waals surface area contributed by atoms with E-state index in [-0.39, 0.29) is 11.6 Å². The van der Waals surface area contributed by atoms with Crippen LogP contribution in [0.2, 0.25) is 0 Å². The molecule has 0 aromatic carbocycles. The number of esters is 1. The van der Waals surface area contributed by atoms with Gasteiger partial charge in [0.1, 0.15) is 5.76 Å². The van der Waals surface area contributed by atoms with Gasteiger partial charge in [-0.15, -0.1) is 5.10 Å². The second kappa shape index (κ2) is 6.07. The quantitative estimate of drug-likeness (QED) is 0.786. The third-order valence-corrected chi connectivity index (χ3v) is 3.28. The van der Waals surface area contributed by atoms with Gasteiger partial charge in [0.25, 0.3) is 0 Å². The first-order chi connectivity index (χ1) is 9.95. The largest absolute Gasteiger partial charge is 0.461 e. The van der Waals surface area contributed by atoms with Crippen LogP contribution in [0, 0.1) is 13.8 Å². The Morgan fingerprint density at radius 2 is 2.10 bits per heavy atom. The summed E-state index contributed by atoms with van der Waals surface area (Å²) in [5.41, 5.74) is 2.81. The van der Waals surface area contributed by atoms with Crippen molar-refractivity contribution >= 4 is 5.97 Å². The van der Waals surface area contributed by atoms with Crippen LogP contribution in [0.1, 0.15) is 59.9 Å². The van der Waals surface area contributed by atoms with Gasteiger partial charge in [0.2, 0.25) is 0 Å². The van der Waals surface area contributed by atoms with Crippen LogP contribution in [-0.2, 0) is 11.3 Å². The summed E-state index contributed by atoms with van der Waals surface area (Å²) in [5, 5.41) is 12.0. The molecule has 2 heterocycles. The van der Waals surface area contributed by atoms with Crippen LogP contribution in [0.3, 0.4) is 0 Å². The molecule has 0 spiro atoms. The van der Waals surface area contributed by atoms with Crippen molar-refractivity contribution in [3.63, 3.8) is 0 Å². The molecule has 0 bridgehead atoms. The highest BCUT2D eigenvalue weighted by molar-refractivity contribution is 5.88. The molecule has 2 aromatic heterocycles. The minimum atomic E-state index is -0.439. The van der Waals surface area contributed by atoms with Crippen LogP contribution in [-0.4, -0.2) is 32.7 Å². The van der Waals surface area contributed by atoms with Crippen LogP contribution in [0.5, 0.6) is 0 Å². The maximum atomic E-state index is 12.0. The molecule has 0 N–H and O–H groups in total. The predicted molar refractivity (Wildman–Crippen MR) is 75.1 cm³/mol. The molecule has 21 heavy (non-hydrogen) atoms. The van der Waals surface area contributed by atoms with Crippen molar-refractivity contribution < 1.29 is 14.1 Å². The number of carbonyl (C=O) groups is 1. The van der Waals surface area contributed by atoms with Crippen LogP contribution in [0.4, 0.5) is 0 Å². The molecule has 2 rings (SSSR count). The molecular formula is C14H20N4O3. The SMILES string of the molecule is CCOC(=O)c1nnn(Cc2c(C)noc2C)c1C(C)C. The fraction of sp³-hybridized carbons (Fsp3) is 0.571. The number of aromatic nitrogens is 4. The van der Waals surface area contributed by atoms with Gasteiger partial charge in [0.05, 0.1) is 24.5 Å². The van der Waals surface area contributed by atoms with Gasteiger partial charge in [-0.25, -0.2) is 9.48 Å². The van der Waals surface area contributed by atoms with E-state index in [1.54, 1.807) is 11.6 Å². The molecule has 0 radical (unpaired) electrons. The summed E-state index contributed by atoms with van der Waals surface area (Å²) < 4.78 is 11.9. The van der Waals surface area contributed by atoms with E-state index < -0.39 is 5.97 Å². The van der Waals surface area contributed by atoms with Crippen molar-refractivity contribution in [2.45, 2.75) is 47.1 Å². The molecule has 7 heteroatoms. The monoisotopic (exact) mass is 292 g/mol. The number of carbonyl (C=O) groups excluding carboxylic acids is 1. The molecule has 0 amide bonds. The zero-order valence-corrected chi connectivity index (χ0v) is 13.0. The highest BCUT2D eigenvalue weighted by atomic mass is 16.5. The van der Waals surface area contributed by atoms with E-state index in [2.05, 4.69) is 15.5 Å². The molecule has 0 fully saturated rings. The summed E-state index contributed by atoms with van der Waals surface area (Å²) >= 11 is 0. The standard InChI is InChI=1S/C14H20N4O3/c1-6-20-14(19)12-13(8(2)3)18(17-15-12)7-11-9(4)16-21-10(11)5/h8H,6-7H2,1-5H3. The second-order valence-electron chi connectivity index (χ2n) is 5.16. The maximum absolute atomic E-state index is 12.0. The summed E-state index contributed by atoms with van der Waals surface area (Å²) in [6, 6.07) is 0. The van der Waals surface area contributed by atoms with Gasteiger partial charge in [-0.2, -0.15) is 0 Å². The average Bonchev–Trinajstić information content (AvgIpc) is 2.98. The summed E-state index contributed by atoms with van der Waals surface area (Å²) in [6.07, 6.45) is 0. The third kappa shape index (κ3) is 2.96. The van der Waals surface area contributed by atoms with Crippen molar-refractivity contribution in [2.24, 2.45) is 0 Å². The second-order valence-corrected chi connectivity index (χ2v) is 5.16. The van der Waals surface area contributed by atoms with Crippen molar-refractivity contribution in [3.8, 4) is 0 Å². The zero-order chi connectivity index (χ0) is 15.6. The van der Waals surface area contributed by atoms with Gasteiger partial charge in [0, 0.05) is 5.56 Å². The summed E-state index contributed by atoms with van der Waals surface area (Å²) in [6.45, 7) is 10.3. The first-order valence-corrected chi connectivity index (χ1v) is 6.97. The number of rotatable bonds is 5. The Kier molecular flexibility index (Phi) is 4.40. The Hall–Kier alpha value is -2.18. The van der Waals surface area contributed by atoms with Gasteiger partial charge >= 0.3 is 5.97 Å². The number of hydrogen-bond donors (Lipinski definition) is 0. The molecule has 0 saturated carbocycles. The number of nitrogens with zero attached hydrogens (tertiary/aromatic N) is 4. The molecule has 0 aliphatic heterocycles. The summed E-state index contributed by atoms with van der Waals surface area (Å²) in [7, 11) is 0. The lowest BCUT2D eigenvalue weighted by molar-refractivity contribution is 0.0517. The van der Waals surface area contributed by atoms with Gasteiger partial charge in [-0.3, -0.25) is 0 Å². The normalized spacial score (nSPS) is 11.1. The van der Waals surface area contributed by atoms with Crippen molar-refractivity contribution in [1.82, 2.24) is 20.2 Å². The molecule has 0 aliphatic carbocycles. The molecule has 0 atom stereocenters. The Morgan fingerprint density at radius 3 is 2.62 bits per heavy atom. The fourth-order valence-electron chi connectivity index (χ4n) is 2.23. The van der Waals surface area contributed by atoms with Crippen molar-refractivity contribution in [2.75, 3.05) is 6.61 Å². The van der Waals surface area contributed by atoms with Crippen LogP contribution in [0.15, 0.2) is 4.52 Å². The van der Waals surface area contributed by atoms with Gasteiger partial charge < -0.3 is 9.26 Å². The Morgan fingerprint density at radius 1 is 1.38 bits per heavy atom. The lowest BCUT2D eigenvalue weighted by Gasteiger charge is -2.10. The van der Waals surface area contributed by atoms with Crippen LogP contribution in [0.25, 0.3) is 0 Å². The zero-order valence-electron chi connectivity index (χ0n) is 13.0. The lowest BCUT2D eigenvalue weighted by Crippen LogP contribution is -2.13. The molecule has 0 aliphatic rings.